The lowest BCUT2D eigenvalue weighted by atomic mass is 10.2. The number of carbonyl (C=O) groups is 1. The van der Waals surface area contributed by atoms with Crippen molar-refractivity contribution >= 4 is 11.6 Å². The van der Waals surface area contributed by atoms with Crippen LogP contribution in [0.5, 0.6) is 0 Å². The number of allylic oxidation sites excluding steroid dienone is 4. The highest BCUT2D eigenvalue weighted by Gasteiger charge is 2.07. The molecule has 0 aliphatic carbocycles. The molecule has 0 heterocycles. The topological polar surface area (TPSA) is 79.0 Å². The second-order valence-electron chi connectivity index (χ2n) is 2.78. The Labute approximate surface area is 83.7 Å². The summed E-state index contributed by atoms with van der Waals surface area (Å²) in [5, 5.41) is 10.0. The van der Waals surface area contributed by atoms with Crippen LogP contribution in [0.25, 0.3) is 0 Å². The molecule has 76 valence electrons. The molecule has 14 heavy (non-hydrogen) atoms. The van der Waals surface area contributed by atoms with E-state index >= 15 is 0 Å². The van der Waals surface area contributed by atoms with E-state index in [4.69, 9.17) is 11.1 Å². The molecular formula is C10H15N3O. The van der Waals surface area contributed by atoms with Crippen molar-refractivity contribution in [3.8, 4) is 0 Å². The van der Waals surface area contributed by atoms with Crippen LogP contribution in [-0.2, 0) is 4.79 Å². The summed E-state index contributed by atoms with van der Waals surface area (Å²) in [7, 11) is 1.62. The number of primary amides is 1. The van der Waals surface area contributed by atoms with Gasteiger partial charge in [0.2, 0.25) is 0 Å². The third kappa shape index (κ3) is 4.25. The van der Waals surface area contributed by atoms with Crippen LogP contribution in [0.4, 0.5) is 0 Å². The molecular weight excluding hydrogens is 178 g/mol. The first-order valence-corrected chi connectivity index (χ1v) is 4.09. The van der Waals surface area contributed by atoms with Crippen molar-refractivity contribution in [2.75, 3.05) is 7.05 Å². The number of rotatable bonds is 5. The van der Waals surface area contributed by atoms with E-state index in [1.54, 1.807) is 25.3 Å². The molecule has 0 atom stereocenters. The molecule has 0 unspecified atom stereocenters. The standard InChI is InChI=1S/C10H15N3O/c1-7(2)5-4-6-8(13-3)9(11)10(12)14/h4-6,11,13H,1H2,2-3H3,(H2,12,14)/b5-4+,8-6+,11-9?. The molecule has 0 radical (unpaired) electrons. The fourth-order valence-electron chi connectivity index (χ4n) is 0.733. The maximum Gasteiger partial charge on any atom is 0.268 e. The first kappa shape index (κ1) is 12.2. The summed E-state index contributed by atoms with van der Waals surface area (Å²) in [6, 6.07) is 0. The average molecular weight is 193 g/mol. The zero-order valence-electron chi connectivity index (χ0n) is 8.42. The van der Waals surface area contributed by atoms with Crippen LogP contribution in [0.1, 0.15) is 6.92 Å². The molecule has 0 aromatic carbocycles. The Morgan fingerprint density at radius 2 is 2.14 bits per heavy atom. The van der Waals surface area contributed by atoms with Gasteiger partial charge in [-0.25, -0.2) is 0 Å². The van der Waals surface area contributed by atoms with Crippen molar-refractivity contribution in [2.45, 2.75) is 6.92 Å². The van der Waals surface area contributed by atoms with E-state index in [0.717, 1.165) is 5.57 Å². The largest absolute Gasteiger partial charge is 0.386 e. The molecule has 4 nitrogen and oxygen atoms in total. The van der Waals surface area contributed by atoms with E-state index in [0.29, 0.717) is 5.70 Å². The van der Waals surface area contributed by atoms with Gasteiger partial charge < -0.3 is 11.1 Å². The van der Waals surface area contributed by atoms with Crippen molar-refractivity contribution in [3.05, 3.63) is 36.1 Å². The van der Waals surface area contributed by atoms with E-state index in [1.807, 2.05) is 6.92 Å². The van der Waals surface area contributed by atoms with Gasteiger partial charge in [0.05, 0.1) is 5.70 Å². The highest BCUT2D eigenvalue weighted by molar-refractivity contribution is 6.43. The van der Waals surface area contributed by atoms with Crippen molar-refractivity contribution in [1.82, 2.24) is 5.32 Å². The fraction of sp³-hybridized carbons (Fsp3) is 0.200. The minimum Gasteiger partial charge on any atom is -0.386 e. The SMILES string of the molecule is C=C(C)/C=C/C=C(/NC)C(=N)C(N)=O. The molecule has 0 bridgehead atoms. The number of hydrogen-bond donors (Lipinski definition) is 3. The summed E-state index contributed by atoms with van der Waals surface area (Å²) >= 11 is 0. The van der Waals surface area contributed by atoms with E-state index in [1.165, 1.54) is 0 Å². The Bertz CT molecular complexity index is 313. The van der Waals surface area contributed by atoms with Gasteiger partial charge in [0.1, 0.15) is 5.71 Å². The van der Waals surface area contributed by atoms with Crippen LogP contribution in [0.3, 0.4) is 0 Å². The monoisotopic (exact) mass is 193 g/mol. The van der Waals surface area contributed by atoms with Crippen LogP contribution in [0.2, 0.25) is 0 Å². The molecule has 0 fully saturated rings. The van der Waals surface area contributed by atoms with Crippen LogP contribution < -0.4 is 11.1 Å². The van der Waals surface area contributed by atoms with Crippen molar-refractivity contribution < 1.29 is 4.79 Å². The average Bonchev–Trinajstić information content (AvgIpc) is 2.10. The number of nitrogens with two attached hydrogens (primary N) is 1. The normalized spacial score (nSPS) is 11.4. The molecule has 4 N–H and O–H groups in total. The first-order chi connectivity index (χ1) is 6.49. The predicted molar refractivity (Wildman–Crippen MR) is 58.0 cm³/mol. The molecule has 0 saturated carbocycles. The van der Waals surface area contributed by atoms with E-state index in [9.17, 15) is 4.79 Å². The zero-order chi connectivity index (χ0) is 11.1. The minimum absolute atomic E-state index is 0.237. The molecule has 0 rings (SSSR count). The first-order valence-electron chi connectivity index (χ1n) is 4.09. The van der Waals surface area contributed by atoms with Crippen LogP contribution in [0, 0.1) is 5.41 Å². The summed E-state index contributed by atoms with van der Waals surface area (Å²) in [5.74, 6) is -0.755. The number of amides is 1. The van der Waals surface area contributed by atoms with Gasteiger partial charge in [-0.15, -0.1) is 0 Å². The van der Waals surface area contributed by atoms with Gasteiger partial charge in [-0.2, -0.15) is 0 Å². The Hall–Kier alpha value is -1.84. The summed E-state index contributed by atoms with van der Waals surface area (Å²) < 4.78 is 0. The van der Waals surface area contributed by atoms with Crippen LogP contribution in [0.15, 0.2) is 36.1 Å². The van der Waals surface area contributed by atoms with Gasteiger partial charge in [0, 0.05) is 7.05 Å². The molecule has 0 spiro atoms. The van der Waals surface area contributed by atoms with Gasteiger partial charge >= 0.3 is 0 Å². The summed E-state index contributed by atoms with van der Waals surface area (Å²) in [6.07, 6.45) is 5.07. The molecule has 1 amide bonds. The maximum atomic E-state index is 10.7. The second-order valence-corrected chi connectivity index (χ2v) is 2.78. The van der Waals surface area contributed by atoms with Crippen LogP contribution in [-0.4, -0.2) is 18.7 Å². The lowest BCUT2D eigenvalue weighted by molar-refractivity contribution is -0.112. The molecule has 0 aromatic rings. The van der Waals surface area contributed by atoms with E-state index < -0.39 is 5.91 Å². The smallest absolute Gasteiger partial charge is 0.268 e. The highest BCUT2D eigenvalue weighted by Crippen LogP contribution is 1.95. The number of hydrogen-bond acceptors (Lipinski definition) is 3. The lowest BCUT2D eigenvalue weighted by Gasteiger charge is -2.03. The van der Waals surface area contributed by atoms with Crippen LogP contribution >= 0.6 is 0 Å². The molecule has 0 saturated heterocycles. The van der Waals surface area contributed by atoms with Gasteiger partial charge in [-0.05, 0) is 13.0 Å². The second kappa shape index (κ2) is 5.75. The summed E-state index contributed by atoms with van der Waals surface area (Å²) in [6.45, 7) is 5.53. The van der Waals surface area contributed by atoms with Gasteiger partial charge in [-0.1, -0.05) is 24.3 Å². The third-order valence-electron chi connectivity index (χ3n) is 1.43. The quantitative estimate of drug-likeness (QED) is 0.444. The maximum absolute atomic E-state index is 10.7. The predicted octanol–water partition coefficient (Wildman–Crippen LogP) is 0.727. The Balaban J connectivity index is 4.64. The number of nitrogens with one attached hydrogen (secondary N) is 2. The summed E-state index contributed by atoms with van der Waals surface area (Å²) in [5.41, 5.74) is 6.00. The van der Waals surface area contributed by atoms with Crippen molar-refractivity contribution in [1.29, 1.82) is 5.41 Å². The third-order valence-corrected chi connectivity index (χ3v) is 1.43. The van der Waals surface area contributed by atoms with Gasteiger partial charge in [0.15, 0.2) is 0 Å². The Morgan fingerprint density at radius 3 is 2.50 bits per heavy atom. The zero-order valence-corrected chi connectivity index (χ0v) is 8.42. The highest BCUT2D eigenvalue weighted by atomic mass is 16.1. The number of carbonyl (C=O) groups excluding carboxylic acids is 1. The van der Waals surface area contributed by atoms with Gasteiger partial charge in [0.25, 0.3) is 5.91 Å². The molecule has 0 aromatic heterocycles. The molecule has 0 aliphatic rings. The molecule has 0 aliphatic heterocycles. The van der Waals surface area contributed by atoms with E-state index in [-0.39, 0.29) is 5.71 Å². The minimum atomic E-state index is -0.755. The van der Waals surface area contributed by atoms with Crippen molar-refractivity contribution in [2.24, 2.45) is 5.73 Å². The Morgan fingerprint density at radius 1 is 1.57 bits per heavy atom. The van der Waals surface area contributed by atoms with Crippen molar-refractivity contribution in [3.63, 3.8) is 0 Å². The van der Waals surface area contributed by atoms with Gasteiger partial charge in [-0.3, -0.25) is 10.2 Å². The fourth-order valence-corrected chi connectivity index (χ4v) is 0.733. The lowest BCUT2D eigenvalue weighted by Crippen LogP contribution is -2.29. The Kier molecular flexibility index (Phi) is 4.99. The molecule has 4 heteroatoms. The van der Waals surface area contributed by atoms with E-state index in [2.05, 4.69) is 11.9 Å². The summed E-state index contributed by atoms with van der Waals surface area (Å²) in [4.78, 5) is 10.7.